The molecule has 2 amide bonds. The molecule has 21 heavy (non-hydrogen) atoms. The first-order chi connectivity index (χ1) is 10.1. The van der Waals surface area contributed by atoms with Crippen LogP contribution in [-0.2, 0) is 16.0 Å². The molecule has 3 rings (SSSR count). The van der Waals surface area contributed by atoms with Gasteiger partial charge in [0.15, 0.2) is 0 Å². The van der Waals surface area contributed by atoms with E-state index in [-0.39, 0.29) is 18.4 Å². The topological polar surface area (TPSA) is 73.7 Å². The van der Waals surface area contributed by atoms with E-state index in [0.29, 0.717) is 32.4 Å². The van der Waals surface area contributed by atoms with Gasteiger partial charge in [-0.15, -0.1) is 0 Å². The number of fused-ring (bicyclic) bond motifs is 1. The van der Waals surface area contributed by atoms with Crippen molar-refractivity contribution in [3.05, 3.63) is 30.1 Å². The third-order valence-electron chi connectivity index (χ3n) is 4.18. The zero-order chi connectivity index (χ0) is 14.8. The Balaban J connectivity index is 1.66. The first-order valence-corrected chi connectivity index (χ1v) is 7.31. The van der Waals surface area contributed by atoms with Gasteiger partial charge in [0, 0.05) is 37.8 Å². The van der Waals surface area contributed by atoms with E-state index in [1.54, 1.807) is 16.0 Å². The normalized spacial score (nSPS) is 26.0. The van der Waals surface area contributed by atoms with Crippen molar-refractivity contribution >= 4 is 11.8 Å². The third kappa shape index (κ3) is 2.90. The first kappa shape index (κ1) is 14.0. The number of aliphatic hydroxyl groups is 1. The summed E-state index contributed by atoms with van der Waals surface area (Å²) in [4.78, 5) is 32.0. The van der Waals surface area contributed by atoms with Gasteiger partial charge in [-0.3, -0.25) is 14.6 Å². The summed E-state index contributed by atoms with van der Waals surface area (Å²) in [6, 6.07) is 5.18. The van der Waals surface area contributed by atoms with Crippen LogP contribution in [0.15, 0.2) is 24.4 Å². The van der Waals surface area contributed by atoms with Crippen molar-refractivity contribution in [1.82, 2.24) is 14.8 Å². The van der Waals surface area contributed by atoms with Gasteiger partial charge in [-0.05, 0) is 18.6 Å². The van der Waals surface area contributed by atoms with Crippen LogP contribution >= 0.6 is 0 Å². The van der Waals surface area contributed by atoms with Crippen LogP contribution in [0, 0.1) is 0 Å². The second kappa shape index (κ2) is 5.81. The first-order valence-electron chi connectivity index (χ1n) is 7.31. The molecule has 0 aliphatic carbocycles. The molecule has 0 spiro atoms. The predicted molar refractivity (Wildman–Crippen MR) is 75.3 cm³/mol. The molecule has 0 saturated carbocycles. The Hall–Kier alpha value is -1.95. The van der Waals surface area contributed by atoms with Crippen LogP contribution in [0.4, 0.5) is 0 Å². The molecule has 6 nitrogen and oxygen atoms in total. The third-order valence-corrected chi connectivity index (χ3v) is 4.18. The molecule has 0 radical (unpaired) electrons. The number of rotatable bonds is 3. The molecule has 1 aromatic rings. The number of amides is 2. The molecular formula is C15H19N3O3. The van der Waals surface area contributed by atoms with E-state index in [4.69, 9.17) is 0 Å². The number of pyridine rings is 1. The fourth-order valence-electron chi connectivity index (χ4n) is 3.01. The number of carbonyl (C=O) groups excluding carboxylic acids is 2. The SMILES string of the molecule is O=C1[C@H]2C[C@@H](O)CCN2C(=O)CN1CCc1ccccn1. The number of nitrogens with zero attached hydrogens (tertiary/aromatic N) is 3. The molecule has 3 heterocycles. The van der Waals surface area contributed by atoms with Gasteiger partial charge in [0.1, 0.15) is 6.04 Å². The van der Waals surface area contributed by atoms with Gasteiger partial charge in [0.25, 0.3) is 0 Å². The summed E-state index contributed by atoms with van der Waals surface area (Å²) in [5.41, 5.74) is 0.906. The molecule has 1 aromatic heterocycles. The van der Waals surface area contributed by atoms with Crippen LogP contribution < -0.4 is 0 Å². The summed E-state index contributed by atoms with van der Waals surface area (Å²) in [5.74, 6) is -0.0724. The van der Waals surface area contributed by atoms with Crippen molar-refractivity contribution in [2.75, 3.05) is 19.6 Å². The fourth-order valence-corrected chi connectivity index (χ4v) is 3.01. The second-order valence-corrected chi connectivity index (χ2v) is 5.61. The lowest BCUT2D eigenvalue weighted by Crippen LogP contribution is -2.63. The van der Waals surface area contributed by atoms with Gasteiger partial charge in [-0.25, -0.2) is 0 Å². The van der Waals surface area contributed by atoms with Crippen molar-refractivity contribution in [3.8, 4) is 0 Å². The average molecular weight is 289 g/mol. The van der Waals surface area contributed by atoms with Gasteiger partial charge in [-0.2, -0.15) is 0 Å². The Bertz CT molecular complexity index is 534. The lowest BCUT2D eigenvalue weighted by Gasteiger charge is -2.44. The predicted octanol–water partition coefficient (Wildman–Crippen LogP) is -0.182. The summed E-state index contributed by atoms with van der Waals surface area (Å²) in [5, 5.41) is 9.73. The van der Waals surface area contributed by atoms with E-state index in [9.17, 15) is 14.7 Å². The highest BCUT2D eigenvalue weighted by molar-refractivity contribution is 5.95. The minimum atomic E-state index is -0.487. The van der Waals surface area contributed by atoms with Crippen molar-refractivity contribution in [1.29, 1.82) is 0 Å². The van der Waals surface area contributed by atoms with E-state index in [2.05, 4.69) is 4.98 Å². The Labute approximate surface area is 123 Å². The van der Waals surface area contributed by atoms with Crippen LogP contribution in [0.1, 0.15) is 18.5 Å². The number of carbonyl (C=O) groups is 2. The van der Waals surface area contributed by atoms with Gasteiger partial charge in [0.05, 0.1) is 12.6 Å². The van der Waals surface area contributed by atoms with E-state index < -0.39 is 12.1 Å². The van der Waals surface area contributed by atoms with E-state index in [0.717, 1.165) is 5.69 Å². The number of hydrogen-bond acceptors (Lipinski definition) is 4. The zero-order valence-corrected chi connectivity index (χ0v) is 11.8. The molecule has 2 fully saturated rings. The van der Waals surface area contributed by atoms with Gasteiger partial charge in [-0.1, -0.05) is 6.07 Å². The maximum absolute atomic E-state index is 12.5. The summed E-state index contributed by atoms with van der Waals surface area (Å²) < 4.78 is 0. The fraction of sp³-hybridized carbons (Fsp3) is 0.533. The second-order valence-electron chi connectivity index (χ2n) is 5.61. The molecule has 0 bridgehead atoms. The zero-order valence-electron chi connectivity index (χ0n) is 11.8. The summed E-state index contributed by atoms with van der Waals surface area (Å²) >= 11 is 0. The lowest BCUT2D eigenvalue weighted by atomic mass is 9.96. The Morgan fingerprint density at radius 2 is 2.19 bits per heavy atom. The van der Waals surface area contributed by atoms with E-state index in [1.807, 2.05) is 18.2 Å². The largest absolute Gasteiger partial charge is 0.393 e. The maximum atomic E-state index is 12.5. The molecule has 2 aliphatic heterocycles. The lowest BCUT2D eigenvalue weighted by molar-refractivity contribution is -0.160. The summed E-state index contributed by atoms with van der Waals surface area (Å²) in [6.45, 7) is 1.10. The molecule has 112 valence electrons. The quantitative estimate of drug-likeness (QED) is 0.837. The molecule has 1 N–H and O–H groups in total. The molecule has 2 aliphatic rings. The summed E-state index contributed by atoms with van der Waals surface area (Å²) in [6.07, 6.45) is 2.78. The number of aliphatic hydroxyl groups excluding tert-OH is 1. The van der Waals surface area contributed by atoms with Crippen LogP contribution in [0.2, 0.25) is 0 Å². The standard InChI is InChI=1S/C15H19N3O3/c19-12-5-8-18-13(9-12)15(21)17(10-14(18)20)7-4-11-3-1-2-6-16-11/h1-3,6,12-13,19H,4-5,7-10H2/t12-,13+/m0/s1. The Kier molecular flexibility index (Phi) is 3.88. The van der Waals surface area contributed by atoms with Gasteiger partial charge in [0.2, 0.25) is 11.8 Å². The van der Waals surface area contributed by atoms with Crippen LogP contribution in [-0.4, -0.2) is 63.5 Å². The van der Waals surface area contributed by atoms with Crippen molar-refractivity contribution in [2.45, 2.75) is 31.4 Å². The number of hydrogen-bond donors (Lipinski definition) is 1. The molecule has 0 unspecified atom stereocenters. The number of piperidine rings is 1. The smallest absolute Gasteiger partial charge is 0.245 e. The summed E-state index contributed by atoms with van der Waals surface area (Å²) in [7, 11) is 0. The molecule has 2 atom stereocenters. The highest BCUT2D eigenvalue weighted by atomic mass is 16.3. The van der Waals surface area contributed by atoms with E-state index in [1.165, 1.54) is 0 Å². The van der Waals surface area contributed by atoms with E-state index >= 15 is 0 Å². The molecule has 0 aromatic carbocycles. The van der Waals surface area contributed by atoms with Gasteiger partial charge >= 0.3 is 0 Å². The van der Waals surface area contributed by atoms with Crippen molar-refractivity contribution < 1.29 is 14.7 Å². The Morgan fingerprint density at radius 3 is 2.95 bits per heavy atom. The molecular weight excluding hydrogens is 270 g/mol. The minimum Gasteiger partial charge on any atom is -0.393 e. The average Bonchev–Trinajstić information content (AvgIpc) is 2.50. The number of piperazine rings is 1. The van der Waals surface area contributed by atoms with Crippen molar-refractivity contribution in [2.24, 2.45) is 0 Å². The molecule has 2 saturated heterocycles. The van der Waals surface area contributed by atoms with Crippen molar-refractivity contribution in [3.63, 3.8) is 0 Å². The van der Waals surface area contributed by atoms with Crippen LogP contribution in [0.3, 0.4) is 0 Å². The monoisotopic (exact) mass is 289 g/mol. The highest BCUT2D eigenvalue weighted by Crippen LogP contribution is 2.23. The molecule has 6 heteroatoms. The van der Waals surface area contributed by atoms with Crippen LogP contribution in [0.5, 0.6) is 0 Å². The highest BCUT2D eigenvalue weighted by Gasteiger charge is 2.42. The number of aromatic nitrogens is 1. The maximum Gasteiger partial charge on any atom is 0.245 e. The Morgan fingerprint density at radius 1 is 1.33 bits per heavy atom. The van der Waals surface area contributed by atoms with Gasteiger partial charge < -0.3 is 14.9 Å². The minimum absolute atomic E-state index is 0.0208. The van der Waals surface area contributed by atoms with Crippen LogP contribution in [0.25, 0.3) is 0 Å².